The molecule has 2 N–H and O–H groups in total. The second-order valence-electron chi connectivity index (χ2n) is 5.70. The van der Waals surface area contributed by atoms with Gasteiger partial charge >= 0.3 is 0 Å². The maximum atomic E-state index is 6.07. The Morgan fingerprint density at radius 2 is 1.89 bits per heavy atom. The van der Waals surface area contributed by atoms with Gasteiger partial charge in [0, 0.05) is 6.42 Å². The highest BCUT2D eigenvalue weighted by molar-refractivity contribution is 5.44. The summed E-state index contributed by atoms with van der Waals surface area (Å²) in [7, 11) is 0. The van der Waals surface area contributed by atoms with Crippen LogP contribution in [-0.2, 0) is 6.42 Å². The van der Waals surface area contributed by atoms with Gasteiger partial charge in [-0.2, -0.15) is 4.98 Å². The summed E-state index contributed by atoms with van der Waals surface area (Å²) in [6.45, 7) is 6.36. The molecule has 1 aromatic heterocycles. The van der Waals surface area contributed by atoms with E-state index < -0.39 is 0 Å². The molecule has 1 fully saturated rings. The summed E-state index contributed by atoms with van der Waals surface area (Å²) in [5, 5.41) is 0. The van der Waals surface area contributed by atoms with Crippen molar-refractivity contribution in [3.63, 3.8) is 0 Å². The van der Waals surface area contributed by atoms with E-state index in [1.807, 2.05) is 6.92 Å². The SMILES string of the molecule is CCCc1nc(N)c(C)c(OC2CCC(C)CC2)n1. The molecule has 4 nitrogen and oxygen atoms in total. The van der Waals surface area contributed by atoms with Crippen LogP contribution in [0.3, 0.4) is 0 Å². The number of anilines is 1. The summed E-state index contributed by atoms with van der Waals surface area (Å²) in [6, 6.07) is 0. The monoisotopic (exact) mass is 263 g/mol. The van der Waals surface area contributed by atoms with Crippen molar-refractivity contribution in [3.8, 4) is 5.88 Å². The van der Waals surface area contributed by atoms with Gasteiger partial charge in [0.1, 0.15) is 17.7 Å². The molecule has 0 saturated heterocycles. The van der Waals surface area contributed by atoms with Crippen molar-refractivity contribution in [1.29, 1.82) is 0 Å². The van der Waals surface area contributed by atoms with Crippen molar-refractivity contribution in [2.24, 2.45) is 5.92 Å². The van der Waals surface area contributed by atoms with Gasteiger partial charge < -0.3 is 10.5 Å². The van der Waals surface area contributed by atoms with Gasteiger partial charge in [0.15, 0.2) is 0 Å². The number of hydrogen-bond donors (Lipinski definition) is 1. The third-order valence-electron chi connectivity index (χ3n) is 3.90. The van der Waals surface area contributed by atoms with Crippen molar-refractivity contribution in [2.45, 2.75) is 65.4 Å². The summed E-state index contributed by atoms with van der Waals surface area (Å²) >= 11 is 0. The quantitative estimate of drug-likeness (QED) is 0.905. The lowest BCUT2D eigenvalue weighted by molar-refractivity contribution is 0.129. The lowest BCUT2D eigenvalue weighted by Crippen LogP contribution is -2.24. The van der Waals surface area contributed by atoms with Crippen LogP contribution >= 0.6 is 0 Å². The molecular weight excluding hydrogens is 238 g/mol. The van der Waals surface area contributed by atoms with E-state index in [4.69, 9.17) is 10.5 Å². The average molecular weight is 263 g/mol. The topological polar surface area (TPSA) is 61.0 Å². The van der Waals surface area contributed by atoms with Crippen molar-refractivity contribution < 1.29 is 4.74 Å². The van der Waals surface area contributed by atoms with Crippen molar-refractivity contribution in [1.82, 2.24) is 9.97 Å². The zero-order valence-corrected chi connectivity index (χ0v) is 12.3. The molecule has 106 valence electrons. The maximum absolute atomic E-state index is 6.07. The molecule has 0 radical (unpaired) electrons. The number of nitrogens with two attached hydrogens (primary N) is 1. The Kier molecular flexibility index (Phi) is 4.61. The van der Waals surface area contributed by atoms with Gasteiger partial charge in [-0.25, -0.2) is 4.98 Å². The lowest BCUT2D eigenvalue weighted by Gasteiger charge is -2.27. The number of rotatable bonds is 4. The fourth-order valence-electron chi connectivity index (χ4n) is 2.51. The Morgan fingerprint density at radius 1 is 1.21 bits per heavy atom. The number of aromatic nitrogens is 2. The molecule has 19 heavy (non-hydrogen) atoms. The molecule has 0 unspecified atom stereocenters. The van der Waals surface area contributed by atoms with E-state index in [1.165, 1.54) is 12.8 Å². The van der Waals surface area contributed by atoms with Crippen LogP contribution in [0.2, 0.25) is 0 Å². The first-order chi connectivity index (χ1) is 9.10. The minimum absolute atomic E-state index is 0.290. The molecule has 0 atom stereocenters. The van der Waals surface area contributed by atoms with Gasteiger partial charge in [0.05, 0.1) is 5.56 Å². The Balaban J connectivity index is 2.10. The summed E-state index contributed by atoms with van der Waals surface area (Å²) in [6.07, 6.45) is 6.88. The number of hydrogen-bond acceptors (Lipinski definition) is 4. The summed E-state index contributed by atoms with van der Waals surface area (Å²) < 4.78 is 6.07. The molecule has 1 heterocycles. The number of aryl methyl sites for hydroxylation is 1. The molecule has 1 aliphatic rings. The standard InChI is InChI=1S/C15H25N3O/c1-4-5-13-17-14(16)11(3)15(18-13)19-12-8-6-10(2)7-9-12/h10,12H,4-9H2,1-3H3,(H2,16,17,18). The Morgan fingerprint density at radius 3 is 2.53 bits per heavy atom. The van der Waals surface area contributed by atoms with Gasteiger partial charge in [-0.15, -0.1) is 0 Å². The Hall–Kier alpha value is -1.32. The Labute approximate surface area is 115 Å². The maximum Gasteiger partial charge on any atom is 0.222 e. The summed E-state index contributed by atoms with van der Waals surface area (Å²) in [4.78, 5) is 8.84. The zero-order valence-electron chi connectivity index (χ0n) is 12.3. The van der Waals surface area contributed by atoms with E-state index in [0.29, 0.717) is 17.8 Å². The van der Waals surface area contributed by atoms with Crippen LogP contribution in [0.4, 0.5) is 5.82 Å². The number of nitrogens with zero attached hydrogens (tertiary/aromatic N) is 2. The molecule has 0 bridgehead atoms. The molecule has 0 aromatic carbocycles. The van der Waals surface area contributed by atoms with E-state index in [-0.39, 0.29) is 0 Å². The van der Waals surface area contributed by atoms with E-state index in [0.717, 1.165) is 43.0 Å². The molecule has 1 aliphatic carbocycles. The largest absolute Gasteiger partial charge is 0.474 e. The Bertz CT molecular complexity index is 426. The van der Waals surface area contributed by atoms with Gasteiger partial charge in [-0.05, 0) is 44.9 Å². The predicted molar refractivity (Wildman–Crippen MR) is 77.2 cm³/mol. The molecule has 2 rings (SSSR count). The van der Waals surface area contributed by atoms with Crippen LogP contribution in [-0.4, -0.2) is 16.1 Å². The second-order valence-corrected chi connectivity index (χ2v) is 5.70. The minimum atomic E-state index is 0.290. The fourth-order valence-corrected chi connectivity index (χ4v) is 2.51. The second kappa shape index (κ2) is 6.22. The van der Waals surface area contributed by atoms with Crippen LogP contribution in [0, 0.1) is 12.8 Å². The van der Waals surface area contributed by atoms with Crippen molar-refractivity contribution >= 4 is 5.82 Å². The summed E-state index contributed by atoms with van der Waals surface area (Å²) in [5.41, 5.74) is 6.82. The molecule has 0 aliphatic heterocycles. The zero-order chi connectivity index (χ0) is 13.8. The lowest BCUT2D eigenvalue weighted by atomic mass is 9.89. The smallest absolute Gasteiger partial charge is 0.222 e. The van der Waals surface area contributed by atoms with E-state index in [9.17, 15) is 0 Å². The van der Waals surface area contributed by atoms with Gasteiger partial charge in [0.2, 0.25) is 5.88 Å². The van der Waals surface area contributed by atoms with Crippen molar-refractivity contribution in [3.05, 3.63) is 11.4 Å². The first-order valence-electron chi connectivity index (χ1n) is 7.39. The number of ether oxygens (including phenoxy) is 1. The third kappa shape index (κ3) is 3.58. The average Bonchev–Trinajstić information content (AvgIpc) is 2.38. The van der Waals surface area contributed by atoms with Crippen LogP contribution in [0.5, 0.6) is 5.88 Å². The van der Waals surface area contributed by atoms with Crippen LogP contribution in [0.25, 0.3) is 0 Å². The van der Waals surface area contributed by atoms with Gasteiger partial charge in [-0.3, -0.25) is 0 Å². The highest BCUT2D eigenvalue weighted by Crippen LogP contribution is 2.29. The minimum Gasteiger partial charge on any atom is -0.474 e. The van der Waals surface area contributed by atoms with Gasteiger partial charge in [-0.1, -0.05) is 13.8 Å². The third-order valence-corrected chi connectivity index (χ3v) is 3.90. The molecule has 1 aromatic rings. The highest BCUT2D eigenvalue weighted by Gasteiger charge is 2.21. The first kappa shape index (κ1) is 14.1. The molecule has 0 spiro atoms. The summed E-state index contributed by atoms with van der Waals surface area (Å²) in [5.74, 6) is 2.87. The fraction of sp³-hybridized carbons (Fsp3) is 0.733. The van der Waals surface area contributed by atoms with E-state index in [1.54, 1.807) is 0 Å². The molecule has 4 heteroatoms. The molecule has 0 amide bonds. The van der Waals surface area contributed by atoms with Crippen LogP contribution in [0.15, 0.2) is 0 Å². The van der Waals surface area contributed by atoms with Crippen molar-refractivity contribution in [2.75, 3.05) is 5.73 Å². The molecule has 1 saturated carbocycles. The molecular formula is C15H25N3O. The van der Waals surface area contributed by atoms with E-state index in [2.05, 4.69) is 23.8 Å². The first-order valence-corrected chi connectivity index (χ1v) is 7.39. The normalized spacial score (nSPS) is 23.3. The highest BCUT2D eigenvalue weighted by atomic mass is 16.5. The van der Waals surface area contributed by atoms with Crippen LogP contribution < -0.4 is 10.5 Å². The van der Waals surface area contributed by atoms with E-state index >= 15 is 0 Å². The van der Waals surface area contributed by atoms with Crippen LogP contribution in [0.1, 0.15) is 57.3 Å². The van der Waals surface area contributed by atoms with Gasteiger partial charge in [0.25, 0.3) is 0 Å². The number of nitrogen functional groups attached to an aromatic ring is 1. The predicted octanol–water partition coefficient (Wildman–Crippen LogP) is 3.28.